The number of carbonyl (C=O) groups is 2. The summed E-state index contributed by atoms with van der Waals surface area (Å²) < 4.78 is 0. The molecule has 0 aliphatic heterocycles. The topological polar surface area (TPSA) is 49.4 Å². The Morgan fingerprint density at radius 2 is 1.65 bits per heavy atom. The second-order valence-corrected chi connectivity index (χ2v) is 9.21. The Morgan fingerprint density at radius 3 is 2.19 bits per heavy atom. The van der Waals surface area contributed by atoms with Crippen molar-refractivity contribution in [2.24, 2.45) is 0 Å². The van der Waals surface area contributed by atoms with Crippen molar-refractivity contribution in [2.75, 3.05) is 6.54 Å². The first kappa shape index (κ1) is 24.6. The van der Waals surface area contributed by atoms with Crippen molar-refractivity contribution in [2.45, 2.75) is 78.8 Å². The number of nitrogens with one attached hydrogen (secondary N) is 1. The van der Waals surface area contributed by atoms with Crippen LogP contribution in [0.4, 0.5) is 0 Å². The Hall–Kier alpha value is -2.62. The SMILES string of the molecule is CCNC(=O)[C@H](CC)N(Cc1ccccc1C)C(=O)CCc1ccc(C(C)(C)C)cc1. The minimum atomic E-state index is -0.463. The molecule has 1 N–H and O–H groups in total. The van der Waals surface area contributed by atoms with Crippen LogP contribution in [0.25, 0.3) is 0 Å². The molecule has 0 bridgehead atoms. The third-order valence-corrected chi connectivity index (χ3v) is 5.79. The second kappa shape index (κ2) is 11.1. The predicted octanol–water partition coefficient (Wildman–Crippen LogP) is 5.17. The normalized spacial score (nSPS) is 12.3. The van der Waals surface area contributed by atoms with Crippen LogP contribution in [-0.4, -0.2) is 29.3 Å². The average Bonchev–Trinajstić information content (AvgIpc) is 2.73. The van der Waals surface area contributed by atoms with E-state index in [1.807, 2.05) is 45.0 Å². The maximum Gasteiger partial charge on any atom is 0.242 e. The molecule has 4 heteroatoms. The zero-order chi connectivity index (χ0) is 23.0. The molecule has 0 aliphatic rings. The molecular weight excluding hydrogens is 384 g/mol. The highest BCUT2D eigenvalue weighted by molar-refractivity contribution is 5.87. The molecule has 4 nitrogen and oxygen atoms in total. The van der Waals surface area contributed by atoms with Crippen LogP contribution in [0.5, 0.6) is 0 Å². The Bertz CT molecular complexity index is 866. The minimum Gasteiger partial charge on any atom is -0.355 e. The molecule has 0 heterocycles. The predicted molar refractivity (Wildman–Crippen MR) is 128 cm³/mol. The molecule has 0 spiro atoms. The van der Waals surface area contributed by atoms with Crippen LogP contribution in [0, 0.1) is 6.92 Å². The number of likely N-dealkylation sites (N-methyl/N-ethyl adjacent to an activating group) is 1. The molecule has 0 unspecified atom stereocenters. The summed E-state index contributed by atoms with van der Waals surface area (Å²) in [6.45, 7) is 13.5. The summed E-state index contributed by atoms with van der Waals surface area (Å²) in [6, 6.07) is 16.1. The highest BCUT2D eigenvalue weighted by atomic mass is 16.2. The van der Waals surface area contributed by atoms with Gasteiger partial charge in [0.25, 0.3) is 0 Å². The largest absolute Gasteiger partial charge is 0.355 e. The van der Waals surface area contributed by atoms with Crippen LogP contribution in [0.1, 0.15) is 69.7 Å². The highest BCUT2D eigenvalue weighted by Crippen LogP contribution is 2.23. The van der Waals surface area contributed by atoms with Gasteiger partial charge in [-0.1, -0.05) is 76.2 Å². The van der Waals surface area contributed by atoms with E-state index in [-0.39, 0.29) is 17.2 Å². The molecule has 0 saturated carbocycles. The molecule has 2 rings (SSSR count). The van der Waals surface area contributed by atoms with Crippen molar-refractivity contribution < 1.29 is 9.59 Å². The third kappa shape index (κ3) is 6.95. The fourth-order valence-electron chi connectivity index (χ4n) is 3.75. The molecule has 0 aromatic heterocycles. The van der Waals surface area contributed by atoms with Gasteiger partial charge in [0.05, 0.1) is 0 Å². The molecule has 1 atom stereocenters. The summed E-state index contributed by atoms with van der Waals surface area (Å²) >= 11 is 0. The van der Waals surface area contributed by atoms with Crippen molar-refractivity contribution in [3.63, 3.8) is 0 Å². The van der Waals surface area contributed by atoms with Gasteiger partial charge in [-0.05, 0) is 54.4 Å². The van der Waals surface area contributed by atoms with Gasteiger partial charge in [0, 0.05) is 19.5 Å². The van der Waals surface area contributed by atoms with E-state index in [0.717, 1.165) is 16.7 Å². The van der Waals surface area contributed by atoms with Gasteiger partial charge in [0.15, 0.2) is 0 Å². The van der Waals surface area contributed by atoms with Crippen LogP contribution < -0.4 is 5.32 Å². The molecule has 0 saturated heterocycles. The van der Waals surface area contributed by atoms with E-state index < -0.39 is 6.04 Å². The Labute approximate surface area is 188 Å². The number of nitrogens with zero attached hydrogens (tertiary/aromatic N) is 1. The van der Waals surface area contributed by atoms with E-state index in [0.29, 0.717) is 32.4 Å². The van der Waals surface area contributed by atoms with Crippen molar-refractivity contribution in [3.8, 4) is 0 Å². The van der Waals surface area contributed by atoms with Crippen LogP contribution in [0.3, 0.4) is 0 Å². The van der Waals surface area contributed by atoms with Crippen molar-refractivity contribution in [3.05, 3.63) is 70.8 Å². The molecule has 0 radical (unpaired) electrons. The molecule has 168 valence electrons. The van der Waals surface area contributed by atoms with E-state index in [1.54, 1.807) is 4.90 Å². The number of rotatable bonds is 9. The first-order chi connectivity index (χ1) is 14.7. The number of aryl methyl sites for hydroxylation is 2. The summed E-state index contributed by atoms with van der Waals surface area (Å²) in [5.41, 5.74) is 4.74. The van der Waals surface area contributed by atoms with Crippen LogP contribution in [0.2, 0.25) is 0 Å². The van der Waals surface area contributed by atoms with Gasteiger partial charge in [-0.15, -0.1) is 0 Å². The standard InChI is InChI=1S/C27H38N2O2/c1-7-24(26(31)28-8-2)29(19-22-12-10-9-11-20(22)3)25(30)18-15-21-13-16-23(17-14-21)27(4,5)6/h9-14,16-17,24H,7-8,15,18-19H2,1-6H3,(H,28,31)/t24-/m0/s1. The monoisotopic (exact) mass is 422 g/mol. The molecular formula is C27H38N2O2. The van der Waals surface area contributed by atoms with Crippen molar-refractivity contribution in [1.82, 2.24) is 10.2 Å². The Balaban J connectivity index is 2.18. The van der Waals surface area contributed by atoms with Gasteiger partial charge in [-0.25, -0.2) is 0 Å². The Kier molecular flexibility index (Phi) is 8.85. The smallest absolute Gasteiger partial charge is 0.242 e. The van der Waals surface area contributed by atoms with Crippen LogP contribution in [0.15, 0.2) is 48.5 Å². The number of hydrogen-bond donors (Lipinski definition) is 1. The van der Waals surface area contributed by atoms with E-state index >= 15 is 0 Å². The molecule has 2 aromatic carbocycles. The number of amides is 2. The molecule has 0 aliphatic carbocycles. The summed E-state index contributed by atoms with van der Waals surface area (Å²) in [5, 5.41) is 2.89. The summed E-state index contributed by atoms with van der Waals surface area (Å²) in [6.07, 6.45) is 1.64. The van der Waals surface area contributed by atoms with Crippen molar-refractivity contribution >= 4 is 11.8 Å². The molecule has 0 fully saturated rings. The number of carbonyl (C=O) groups excluding carboxylic acids is 2. The lowest BCUT2D eigenvalue weighted by Gasteiger charge is -2.31. The maximum absolute atomic E-state index is 13.3. The molecule has 2 amide bonds. The van der Waals surface area contributed by atoms with Gasteiger partial charge in [0.1, 0.15) is 6.04 Å². The zero-order valence-electron chi connectivity index (χ0n) is 20.0. The fourth-order valence-corrected chi connectivity index (χ4v) is 3.75. The van der Waals surface area contributed by atoms with Crippen molar-refractivity contribution in [1.29, 1.82) is 0 Å². The van der Waals surface area contributed by atoms with Gasteiger partial charge >= 0.3 is 0 Å². The van der Waals surface area contributed by atoms with Gasteiger partial charge in [-0.3, -0.25) is 9.59 Å². The van der Waals surface area contributed by atoms with Gasteiger partial charge < -0.3 is 10.2 Å². The number of benzene rings is 2. The van der Waals surface area contributed by atoms with E-state index in [2.05, 4.69) is 50.4 Å². The lowest BCUT2D eigenvalue weighted by atomic mass is 9.86. The number of hydrogen-bond acceptors (Lipinski definition) is 2. The summed E-state index contributed by atoms with van der Waals surface area (Å²) in [5.74, 6) is -0.0669. The first-order valence-corrected chi connectivity index (χ1v) is 11.4. The highest BCUT2D eigenvalue weighted by Gasteiger charge is 2.28. The first-order valence-electron chi connectivity index (χ1n) is 11.4. The third-order valence-electron chi connectivity index (χ3n) is 5.79. The molecule has 2 aromatic rings. The summed E-state index contributed by atoms with van der Waals surface area (Å²) in [7, 11) is 0. The minimum absolute atomic E-state index is 0.0151. The maximum atomic E-state index is 13.3. The van der Waals surface area contributed by atoms with E-state index in [4.69, 9.17) is 0 Å². The second-order valence-electron chi connectivity index (χ2n) is 9.21. The summed E-state index contributed by atoms with van der Waals surface area (Å²) in [4.78, 5) is 27.8. The fraction of sp³-hybridized carbons (Fsp3) is 0.481. The molecule has 31 heavy (non-hydrogen) atoms. The average molecular weight is 423 g/mol. The Morgan fingerprint density at radius 1 is 1.00 bits per heavy atom. The lowest BCUT2D eigenvalue weighted by Crippen LogP contribution is -2.49. The van der Waals surface area contributed by atoms with Gasteiger partial charge in [-0.2, -0.15) is 0 Å². The van der Waals surface area contributed by atoms with Crippen LogP contribution in [-0.2, 0) is 28.0 Å². The zero-order valence-corrected chi connectivity index (χ0v) is 20.0. The van der Waals surface area contributed by atoms with E-state index in [1.165, 1.54) is 5.56 Å². The van der Waals surface area contributed by atoms with Crippen LogP contribution >= 0.6 is 0 Å². The van der Waals surface area contributed by atoms with Gasteiger partial charge in [0.2, 0.25) is 11.8 Å². The quantitative estimate of drug-likeness (QED) is 0.606. The lowest BCUT2D eigenvalue weighted by molar-refractivity contribution is -0.141. The van der Waals surface area contributed by atoms with E-state index in [9.17, 15) is 9.59 Å².